The zero-order valence-corrected chi connectivity index (χ0v) is 20.6. The van der Waals surface area contributed by atoms with Gasteiger partial charge in [-0.3, -0.25) is 4.57 Å². The molecule has 3 aromatic rings. The zero-order valence-electron chi connectivity index (χ0n) is 19.8. The standard InChI is InChI=1S/C22H28F2N8O3S/c1-36(33,34)30-15-8-6-14(7-9-15)25-20-27-21(31-10-12-35-13-11-31)29-22(28-20)32-17-5-3-2-4-16(17)26-19(32)18(23)24/h2-5,14-15,18,30H,6-13H2,1H3,(H,25,27,28,29). The van der Waals surface area contributed by atoms with Crippen molar-refractivity contribution < 1.29 is 21.9 Å². The molecule has 1 saturated heterocycles. The number of hydrogen-bond acceptors (Lipinski definition) is 9. The molecule has 0 amide bonds. The molecule has 2 aliphatic rings. The number of aromatic nitrogens is 5. The van der Waals surface area contributed by atoms with Crippen LogP contribution in [0.15, 0.2) is 24.3 Å². The number of benzene rings is 1. The molecule has 0 spiro atoms. The fraction of sp³-hybridized carbons (Fsp3) is 0.545. The number of fused-ring (bicyclic) bond motifs is 1. The number of sulfonamides is 1. The van der Waals surface area contributed by atoms with E-state index in [4.69, 9.17) is 4.74 Å². The molecule has 2 aromatic heterocycles. The lowest BCUT2D eigenvalue weighted by Crippen LogP contribution is -2.40. The van der Waals surface area contributed by atoms with E-state index >= 15 is 0 Å². The molecule has 1 aliphatic heterocycles. The SMILES string of the molecule is CS(=O)(=O)NC1CCC(Nc2nc(N3CCOCC3)nc(-n3c(C(F)F)nc4ccccc43)n2)CC1. The summed E-state index contributed by atoms with van der Waals surface area (Å²) in [5.41, 5.74) is 0.901. The quantitative estimate of drug-likeness (QED) is 0.480. The fourth-order valence-corrected chi connectivity index (χ4v) is 5.51. The Morgan fingerprint density at radius 1 is 0.972 bits per heavy atom. The van der Waals surface area contributed by atoms with E-state index in [2.05, 4.69) is 30.0 Å². The number of alkyl halides is 2. The van der Waals surface area contributed by atoms with Crippen LogP contribution in [0.4, 0.5) is 20.7 Å². The largest absolute Gasteiger partial charge is 0.378 e. The smallest absolute Gasteiger partial charge is 0.296 e. The Kier molecular flexibility index (Phi) is 6.99. The van der Waals surface area contributed by atoms with E-state index in [0.717, 1.165) is 6.26 Å². The maximum atomic E-state index is 14.0. The lowest BCUT2D eigenvalue weighted by atomic mass is 9.92. The van der Waals surface area contributed by atoms with Crippen LogP contribution in [0.25, 0.3) is 17.0 Å². The summed E-state index contributed by atoms with van der Waals surface area (Å²) >= 11 is 0. The summed E-state index contributed by atoms with van der Waals surface area (Å²) in [6.45, 7) is 2.16. The number of halogens is 2. The number of nitrogens with zero attached hydrogens (tertiary/aromatic N) is 6. The summed E-state index contributed by atoms with van der Waals surface area (Å²) < 4.78 is 60.5. The summed E-state index contributed by atoms with van der Waals surface area (Å²) in [6, 6.07) is 6.76. The Bertz CT molecular complexity index is 1320. The van der Waals surface area contributed by atoms with Gasteiger partial charge < -0.3 is 15.0 Å². The highest BCUT2D eigenvalue weighted by atomic mass is 32.2. The van der Waals surface area contributed by atoms with E-state index in [9.17, 15) is 17.2 Å². The second-order valence-corrected chi connectivity index (χ2v) is 10.8. The second-order valence-electron chi connectivity index (χ2n) is 9.04. The predicted octanol–water partition coefficient (Wildman–Crippen LogP) is 2.26. The number of anilines is 2. The van der Waals surface area contributed by atoms with Crippen LogP contribution in [-0.4, -0.2) is 77.6 Å². The Balaban J connectivity index is 1.48. The van der Waals surface area contributed by atoms with Gasteiger partial charge in [-0.2, -0.15) is 15.0 Å². The van der Waals surface area contributed by atoms with Gasteiger partial charge in [0.25, 0.3) is 6.43 Å². The van der Waals surface area contributed by atoms with Crippen LogP contribution >= 0.6 is 0 Å². The van der Waals surface area contributed by atoms with Crippen molar-refractivity contribution in [2.75, 3.05) is 42.8 Å². The maximum Gasteiger partial charge on any atom is 0.296 e. The van der Waals surface area contributed by atoms with Gasteiger partial charge in [-0.25, -0.2) is 26.9 Å². The van der Waals surface area contributed by atoms with Crippen molar-refractivity contribution in [3.05, 3.63) is 30.1 Å². The normalized spacial score (nSPS) is 21.3. The van der Waals surface area contributed by atoms with Crippen molar-refractivity contribution in [3.8, 4) is 5.95 Å². The highest BCUT2D eigenvalue weighted by Crippen LogP contribution is 2.28. The van der Waals surface area contributed by atoms with E-state index in [0.29, 0.717) is 69.0 Å². The first-order chi connectivity index (χ1) is 17.3. The predicted molar refractivity (Wildman–Crippen MR) is 130 cm³/mol. The Labute approximate surface area is 207 Å². The van der Waals surface area contributed by atoms with Gasteiger partial charge >= 0.3 is 0 Å². The molecular weight excluding hydrogens is 494 g/mol. The average Bonchev–Trinajstić information content (AvgIpc) is 3.25. The molecule has 1 saturated carbocycles. The Morgan fingerprint density at radius 2 is 1.64 bits per heavy atom. The zero-order chi connectivity index (χ0) is 25.3. The minimum Gasteiger partial charge on any atom is -0.378 e. The monoisotopic (exact) mass is 522 g/mol. The fourth-order valence-electron chi connectivity index (χ4n) is 4.67. The number of imidazole rings is 1. The van der Waals surface area contributed by atoms with Crippen LogP contribution in [0.1, 0.15) is 37.9 Å². The van der Waals surface area contributed by atoms with E-state index in [-0.39, 0.29) is 24.0 Å². The van der Waals surface area contributed by atoms with E-state index in [1.54, 1.807) is 24.3 Å². The van der Waals surface area contributed by atoms with E-state index < -0.39 is 22.3 Å². The van der Waals surface area contributed by atoms with Gasteiger partial charge in [-0.15, -0.1) is 0 Å². The minimum atomic E-state index is -3.27. The molecule has 1 aromatic carbocycles. The summed E-state index contributed by atoms with van der Waals surface area (Å²) in [7, 11) is -3.27. The van der Waals surface area contributed by atoms with E-state index in [1.807, 2.05) is 4.90 Å². The molecule has 2 fully saturated rings. The third-order valence-corrected chi connectivity index (χ3v) is 7.09. The van der Waals surface area contributed by atoms with Crippen molar-refractivity contribution in [2.24, 2.45) is 0 Å². The van der Waals surface area contributed by atoms with Gasteiger partial charge in [0.05, 0.1) is 30.5 Å². The summed E-state index contributed by atoms with van der Waals surface area (Å²) in [5, 5.41) is 3.32. The third kappa shape index (κ3) is 5.55. The average molecular weight is 523 g/mol. The van der Waals surface area contributed by atoms with Crippen LogP contribution in [0, 0.1) is 0 Å². The van der Waals surface area contributed by atoms with Crippen LogP contribution in [0.5, 0.6) is 0 Å². The molecule has 0 bridgehead atoms. The number of rotatable bonds is 7. The van der Waals surface area contributed by atoms with Crippen molar-refractivity contribution in [1.29, 1.82) is 0 Å². The van der Waals surface area contributed by atoms with Crippen LogP contribution < -0.4 is 14.9 Å². The minimum absolute atomic E-state index is 0.00417. The molecule has 0 unspecified atom stereocenters. The molecule has 14 heteroatoms. The highest BCUT2D eigenvalue weighted by Gasteiger charge is 2.27. The first kappa shape index (κ1) is 24.7. The maximum absolute atomic E-state index is 14.0. The molecule has 2 N–H and O–H groups in total. The number of morpholine rings is 1. The van der Waals surface area contributed by atoms with Gasteiger partial charge in [0, 0.05) is 25.2 Å². The molecular formula is C22H28F2N8O3S. The van der Waals surface area contributed by atoms with Crippen molar-refractivity contribution in [3.63, 3.8) is 0 Å². The van der Waals surface area contributed by atoms with Crippen molar-refractivity contribution in [1.82, 2.24) is 29.2 Å². The lowest BCUT2D eigenvalue weighted by molar-refractivity contribution is 0.122. The summed E-state index contributed by atoms with van der Waals surface area (Å²) in [6.07, 6.45) is 1.08. The third-order valence-electron chi connectivity index (χ3n) is 6.33. The van der Waals surface area contributed by atoms with Crippen LogP contribution in [0.2, 0.25) is 0 Å². The van der Waals surface area contributed by atoms with Gasteiger partial charge in [0.2, 0.25) is 27.9 Å². The van der Waals surface area contributed by atoms with Crippen molar-refractivity contribution >= 4 is 33.0 Å². The van der Waals surface area contributed by atoms with E-state index in [1.165, 1.54) is 4.57 Å². The van der Waals surface area contributed by atoms with Gasteiger partial charge in [-0.1, -0.05) is 12.1 Å². The van der Waals surface area contributed by atoms with Crippen molar-refractivity contribution in [2.45, 2.75) is 44.2 Å². The first-order valence-electron chi connectivity index (χ1n) is 11.9. The van der Waals surface area contributed by atoms with Crippen LogP contribution in [-0.2, 0) is 14.8 Å². The topological polar surface area (TPSA) is 127 Å². The molecule has 194 valence electrons. The molecule has 1 aliphatic carbocycles. The Hall–Kier alpha value is -2.97. The highest BCUT2D eigenvalue weighted by molar-refractivity contribution is 7.88. The molecule has 5 rings (SSSR count). The van der Waals surface area contributed by atoms with Crippen LogP contribution in [0.3, 0.4) is 0 Å². The number of hydrogen-bond donors (Lipinski definition) is 2. The molecule has 3 heterocycles. The number of para-hydroxylation sites is 2. The van der Waals surface area contributed by atoms with Gasteiger partial charge in [-0.05, 0) is 37.8 Å². The summed E-state index contributed by atoms with van der Waals surface area (Å²) in [5.74, 6) is 0.272. The molecule has 11 nitrogen and oxygen atoms in total. The van der Waals surface area contributed by atoms with Gasteiger partial charge in [0.15, 0.2) is 5.82 Å². The number of nitrogens with one attached hydrogen (secondary N) is 2. The number of ether oxygens (including phenoxy) is 1. The van der Waals surface area contributed by atoms with Gasteiger partial charge in [0.1, 0.15) is 0 Å². The second kappa shape index (κ2) is 10.2. The Morgan fingerprint density at radius 3 is 2.33 bits per heavy atom. The molecule has 0 radical (unpaired) electrons. The molecule has 0 atom stereocenters. The summed E-state index contributed by atoms with van der Waals surface area (Å²) in [4.78, 5) is 19.7. The lowest BCUT2D eigenvalue weighted by Gasteiger charge is -2.30. The molecule has 36 heavy (non-hydrogen) atoms. The first-order valence-corrected chi connectivity index (χ1v) is 13.7.